The topological polar surface area (TPSA) is 0 Å². The third-order valence-electron chi connectivity index (χ3n) is 7.79. The first-order valence-corrected chi connectivity index (χ1v) is 13.9. The molecule has 6 aromatic rings. The van der Waals surface area contributed by atoms with Gasteiger partial charge in [0.05, 0.1) is 0 Å². The molecule has 0 atom stereocenters. The predicted octanol–water partition coefficient (Wildman–Crippen LogP) is 8.09. The summed E-state index contributed by atoms with van der Waals surface area (Å²) >= 11 is 0. The van der Waals surface area contributed by atoms with Gasteiger partial charge in [-0.25, -0.2) is 0 Å². The van der Waals surface area contributed by atoms with Crippen molar-refractivity contribution < 1.29 is 0 Å². The Morgan fingerprint density at radius 3 is 1.78 bits per heavy atom. The van der Waals surface area contributed by atoms with Crippen LogP contribution in [0.4, 0.5) is 0 Å². The van der Waals surface area contributed by atoms with Gasteiger partial charge in [-0.15, -0.1) is 0 Å². The van der Waals surface area contributed by atoms with Crippen LogP contribution in [0.25, 0.3) is 55.3 Å². The maximum atomic E-state index is 2.49. The number of hydrogen-bond acceptors (Lipinski definition) is 0. The van der Waals surface area contributed by atoms with E-state index in [1.54, 1.807) is 0 Å². The summed E-state index contributed by atoms with van der Waals surface area (Å²) in [5.41, 5.74) is 13.5. The van der Waals surface area contributed by atoms with Crippen molar-refractivity contribution >= 4 is 30.7 Å². The van der Waals surface area contributed by atoms with Crippen LogP contribution in [0.15, 0.2) is 121 Å². The molecule has 7 rings (SSSR count). The Bertz CT molecular complexity index is 1790. The molecule has 174 valence electrons. The molecule has 2 radical (unpaired) electrons. The molecule has 0 unspecified atom stereocenters. The van der Waals surface area contributed by atoms with Gasteiger partial charge in [-0.05, 0) is 85.4 Å². The van der Waals surface area contributed by atoms with Crippen molar-refractivity contribution in [2.45, 2.75) is 13.8 Å². The second kappa shape index (κ2) is 8.72. The van der Waals surface area contributed by atoms with E-state index in [0.717, 1.165) is 0 Å². The number of fused-ring (bicyclic) bond motifs is 3. The van der Waals surface area contributed by atoms with Crippen molar-refractivity contribution in [3.63, 3.8) is 0 Å². The third kappa shape index (κ3) is 3.50. The molecule has 0 aliphatic heterocycles. The zero-order valence-electron chi connectivity index (χ0n) is 21.0. The molecule has 0 saturated carbocycles. The molecule has 0 saturated heterocycles. The lowest BCUT2D eigenvalue weighted by Gasteiger charge is -2.21. The highest BCUT2D eigenvalue weighted by molar-refractivity contribution is 6.69. The van der Waals surface area contributed by atoms with E-state index in [1.807, 2.05) is 0 Å². The summed E-state index contributed by atoms with van der Waals surface area (Å²) in [5.74, 6) is 0. The standard InChI is InChI=1S/C36H26Si/c1-23-12-9-21-31(24(23)2)37-32-22-30(25-13-5-3-6-14-25)35-28-19-10-17-26-18-11-20-29(33(26)28)36(35)34(32)27-15-7-4-8-16-27/h3-22H,1-2H3. The van der Waals surface area contributed by atoms with E-state index in [0.29, 0.717) is 9.52 Å². The number of benzene rings is 6. The molecule has 6 aromatic carbocycles. The van der Waals surface area contributed by atoms with E-state index in [2.05, 4.69) is 135 Å². The largest absolute Gasteiger partial charge is 0.122 e. The highest BCUT2D eigenvalue weighted by Gasteiger charge is 2.29. The molecule has 0 fully saturated rings. The lowest BCUT2D eigenvalue weighted by Crippen LogP contribution is -2.31. The van der Waals surface area contributed by atoms with Gasteiger partial charge in [-0.1, -0.05) is 127 Å². The van der Waals surface area contributed by atoms with Crippen LogP contribution < -0.4 is 10.4 Å². The molecule has 0 spiro atoms. The number of hydrogen-bond donors (Lipinski definition) is 0. The average molecular weight is 487 g/mol. The van der Waals surface area contributed by atoms with Crippen LogP contribution >= 0.6 is 0 Å². The van der Waals surface area contributed by atoms with Crippen LogP contribution in [0.3, 0.4) is 0 Å². The first kappa shape index (κ1) is 22.0. The van der Waals surface area contributed by atoms with E-state index < -0.39 is 0 Å². The Balaban J connectivity index is 1.62. The highest BCUT2D eigenvalue weighted by atomic mass is 28.2. The van der Waals surface area contributed by atoms with Gasteiger partial charge in [0.1, 0.15) is 9.52 Å². The monoisotopic (exact) mass is 486 g/mol. The molecular weight excluding hydrogens is 460 g/mol. The summed E-state index contributed by atoms with van der Waals surface area (Å²) in [7, 11) is 0.569. The van der Waals surface area contributed by atoms with Gasteiger partial charge >= 0.3 is 0 Å². The van der Waals surface area contributed by atoms with Crippen LogP contribution in [0.5, 0.6) is 0 Å². The van der Waals surface area contributed by atoms with Crippen molar-refractivity contribution in [3.05, 3.63) is 132 Å². The molecule has 0 aromatic heterocycles. The smallest absolute Gasteiger partial charge is 0.0628 e. The van der Waals surface area contributed by atoms with E-state index in [-0.39, 0.29) is 0 Å². The second-order valence-corrected chi connectivity index (χ2v) is 11.2. The first-order valence-electron chi connectivity index (χ1n) is 12.9. The molecule has 0 heterocycles. The molecule has 1 aliphatic carbocycles. The summed E-state index contributed by atoms with van der Waals surface area (Å²) in [6.45, 7) is 4.48. The van der Waals surface area contributed by atoms with Crippen molar-refractivity contribution in [1.82, 2.24) is 0 Å². The summed E-state index contributed by atoms with van der Waals surface area (Å²) in [5, 5.41) is 5.51. The minimum absolute atomic E-state index is 0.569. The summed E-state index contributed by atoms with van der Waals surface area (Å²) in [6.07, 6.45) is 0. The van der Waals surface area contributed by atoms with Crippen molar-refractivity contribution in [1.29, 1.82) is 0 Å². The first-order chi connectivity index (χ1) is 18.2. The summed E-state index contributed by atoms with van der Waals surface area (Å²) in [4.78, 5) is 0. The van der Waals surface area contributed by atoms with Gasteiger partial charge in [-0.2, -0.15) is 0 Å². The Hall–Kier alpha value is -4.20. The Labute approximate surface area is 221 Å². The minimum atomic E-state index is 0.569. The molecule has 1 aliphatic rings. The summed E-state index contributed by atoms with van der Waals surface area (Å²) in [6, 6.07) is 44.7. The third-order valence-corrected chi connectivity index (χ3v) is 9.27. The van der Waals surface area contributed by atoms with Gasteiger partial charge in [-0.3, -0.25) is 0 Å². The maximum Gasteiger partial charge on any atom is 0.122 e. The highest BCUT2D eigenvalue weighted by Crippen LogP contribution is 2.53. The lowest BCUT2D eigenvalue weighted by atomic mass is 9.87. The summed E-state index contributed by atoms with van der Waals surface area (Å²) < 4.78 is 0. The van der Waals surface area contributed by atoms with E-state index in [4.69, 9.17) is 0 Å². The number of aryl methyl sites for hydroxylation is 1. The predicted molar refractivity (Wildman–Crippen MR) is 160 cm³/mol. The van der Waals surface area contributed by atoms with Crippen LogP contribution in [0.1, 0.15) is 11.1 Å². The Morgan fingerprint density at radius 2 is 1.08 bits per heavy atom. The zero-order valence-corrected chi connectivity index (χ0v) is 22.0. The van der Waals surface area contributed by atoms with Gasteiger partial charge < -0.3 is 0 Å². The molecule has 37 heavy (non-hydrogen) atoms. The van der Waals surface area contributed by atoms with Gasteiger partial charge in [0.25, 0.3) is 0 Å². The molecular formula is C36H26Si. The average Bonchev–Trinajstić information content (AvgIpc) is 3.28. The van der Waals surface area contributed by atoms with Gasteiger partial charge in [0, 0.05) is 0 Å². The zero-order chi connectivity index (χ0) is 24.9. The van der Waals surface area contributed by atoms with Gasteiger partial charge in [0.15, 0.2) is 0 Å². The van der Waals surface area contributed by atoms with Crippen molar-refractivity contribution in [2.24, 2.45) is 0 Å². The second-order valence-electron chi connectivity index (χ2n) is 9.91. The van der Waals surface area contributed by atoms with E-state index >= 15 is 0 Å². The fraction of sp³-hybridized carbons (Fsp3) is 0.0556. The Morgan fingerprint density at radius 1 is 0.459 bits per heavy atom. The molecule has 0 bridgehead atoms. The fourth-order valence-corrected chi connectivity index (χ4v) is 7.34. The van der Waals surface area contributed by atoms with Crippen molar-refractivity contribution in [3.8, 4) is 44.5 Å². The van der Waals surface area contributed by atoms with Gasteiger partial charge in [0.2, 0.25) is 0 Å². The molecule has 0 amide bonds. The van der Waals surface area contributed by atoms with Crippen LogP contribution in [-0.4, -0.2) is 9.52 Å². The maximum absolute atomic E-state index is 2.49. The normalized spacial score (nSPS) is 11.6. The van der Waals surface area contributed by atoms with E-state index in [1.165, 1.54) is 76.8 Å². The fourth-order valence-electron chi connectivity index (χ4n) is 5.87. The Kier molecular flexibility index (Phi) is 5.19. The lowest BCUT2D eigenvalue weighted by molar-refractivity contribution is 1.37. The molecule has 1 heteroatoms. The van der Waals surface area contributed by atoms with Crippen LogP contribution in [0, 0.1) is 13.8 Å². The van der Waals surface area contributed by atoms with Crippen LogP contribution in [0.2, 0.25) is 0 Å². The minimum Gasteiger partial charge on any atom is -0.0628 e. The quantitative estimate of drug-likeness (QED) is 0.221. The van der Waals surface area contributed by atoms with Crippen LogP contribution in [-0.2, 0) is 0 Å². The molecule has 0 N–H and O–H groups in total. The SMILES string of the molecule is Cc1cccc([Si]c2cc(-c3ccccc3)c3c(c2-c2ccccc2)-c2cccc4cccc-3c24)c1C. The van der Waals surface area contributed by atoms with E-state index in [9.17, 15) is 0 Å². The molecule has 0 nitrogen and oxygen atoms in total. The van der Waals surface area contributed by atoms with Crippen molar-refractivity contribution in [2.75, 3.05) is 0 Å². The number of rotatable bonds is 4.